The summed E-state index contributed by atoms with van der Waals surface area (Å²) in [6, 6.07) is 13.8. The van der Waals surface area contributed by atoms with Crippen molar-refractivity contribution in [2.75, 3.05) is 12.4 Å². The molecule has 0 bridgehead atoms. The summed E-state index contributed by atoms with van der Waals surface area (Å²) in [6.45, 7) is 0. The van der Waals surface area contributed by atoms with E-state index in [1.807, 2.05) is 0 Å². The van der Waals surface area contributed by atoms with Crippen LogP contribution < -0.4 is 14.8 Å². The molecule has 1 N–H and O–H groups in total. The molecule has 4 nitrogen and oxygen atoms in total. The van der Waals surface area contributed by atoms with Gasteiger partial charge in [0, 0.05) is 11.6 Å². The Labute approximate surface area is 163 Å². The zero-order valence-electron chi connectivity index (χ0n) is 15.1. The SMILES string of the molecule is COc1ccc(C(=O)Nc2cc(C(F)(F)F)ccc2Oc2cccc(F)c2)cc1. The lowest BCUT2D eigenvalue weighted by Crippen LogP contribution is -2.14. The number of hydrogen-bond acceptors (Lipinski definition) is 3. The Morgan fingerprint density at radius 3 is 2.28 bits per heavy atom. The van der Waals surface area contributed by atoms with E-state index in [1.54, 1.807) is 12.1 Å². The summed E-state index contributed by atoms with van der Waals surface area (Å²) in [6.07, 6.45) is -4.61. The molecule has 0 radical (unpaired) electrons. The first-order chi connectivity index (χ1) is 13.8. The number of hydrogen-bond donors (Lipinski definition) is 1. The van der Waals surface area contributed by atoms with Gasteiger partial charge >= 0.3 is 6.18 Å². The summed E-state index contributed by atoms with van der Waals surface area (Å²) in [4.78, 5) is 12.5. The van der Waals surface area contributed by atoms with Gasteiger partial charge in [-0.2, -0.15) is 13.2 Å². The lowest BCUT2D eigenvalue weighted by Gasteiger charge is -2.15. The number of carbonyl (C=O) groups is 1. The highest BCUT2D eigenvalue weighted by Crippen LogP contribution is 2.37. The fraction of sp³-hybridized carbons (Fsp3) is 0.0952. The molecule has 3 aromatic rings. The van der Waals surface area contributed by atoms with Gasteiger partial charge in [0.25, 0.3) is 5.91 Å². The van der Waals surface area contributed by atoms with E-state index in [-0.39, 0.29) is 22.7 Å². The normalized spacial score (nSPS) is 11.1. The second-order valence-corrected chi connectivity index (χ2v) is 5.95. The number of carbonyl (C=O) groups excluding carboxylic acids is 1. The van der Waals surface area contributed by atoms with Crippen LogP contribution in [0.5, 0.6) is 17.2 Å². The Hall–Kier alpha value is -3.55. The Kier molecular flexibility index (Phi) is 5.72. The standard InChI is InChI=1S/C21H15F4NO3/c1-28-16-8-5-13(6-9-16)20(27)26-18-11-14(21(23,24)25)7-10-19(18)29-17-4-2-3-15(22)12-17/h2-12H,1H3,(H,26,27). The van der Waals surface area contributed by atoms with E-state index < -0.39 is 23.5 Å². The second-order valence-electron chi connectivity index (χ2n) is 5.95. The molecular formula is C21H15F4NO3. The molecular weight excluding hydrogens is 390 g/mol. The molecule has 0 aliphatic carbocycles. The number of amides is 1. The molecule has 0 heterocycles. The van der Waals surface area contributed by atoms with Gasteiger partial charge < -0.3 is 14.8 Å². The van der Waals surface area contributed by atoms with Gasteiger partial charge in [0.15, 0.2) is 5.75 Å². The van der Waals surface area contributed by atoms with Gasteiger partial charge in [-0.05, 0) is 54.6 Å². The van der Waals surface area contributed by atoms with Crippen LogP contribution in [0.15, 0.2) is 66.7 Å². The molecule has 0 aromatic heterocycles. The zero-order valence-corrected chi connectivity index (χ0v) is 15.1. The van der Waals surface area contributed by atoms with Crippen molar-refractivity contribution in [1.29, 1.82) is 0 Å². The van der Waals surface area contributed by atoms with Gasteiger partial charge in [0.05, 0.1) is 18.4 Å². The Bertz CT molecular complexity index is 1020. The average Bonchev–Trinajstić information content (AvgIpc) is 2.68. The van der Waals surface area contributed by atoms with Crippen molar-refractivity contribution in [3.05, 3.63) is 83.7 Å². The van der Waals surface area contributed by atoms with Crippen molar-refractivity contribution in [2.24, 2.45) is 0 Å². The highest BCUT2D eigenvalue weighted by atomic mass is 19.4. The average molecular weight is 405 g/mol. The molecule has 150 valence electrons. The summed E-state index contributed by atoms with van der Waals surface area (Å²) < 4.78 is 63.2. The van der Waals surface area contributed by atoms with Gasteiger partial charge in [-0.25, -0.2) is 4.39 Å². The highest BCUT2D eigenvalue weighted by molar-refractivity contribution is 6.05. The molecule has 1 amide bonds. The number of alkyl halides is 3. The minimum atomic E-state index is -4.61. The van der Waals surface area contributed by atoms with Gasteiger partial charge in [-0.15, -0.1) is 0 Å². The van der Waals surface area contributed by atoms with Crippen LogP contribution in [0, 0.1) is 5.82 Å². The molecule has 0 saturated carbocycles. The topological polar surface area (TPSA) is 47.6 Å². The summed E-state index contributed by atoms with van der Waals surface area (Å²) in [5.41, 5.74) is -0.959. The van der Waals surface area contributed by atoms with Crippen molar-refractivity contribution >= 4 is 11.6 Å². The maximum absolute atomic E-state index is 13.4. The van der Waals surface area contributed by atoms with Crippen LogP contribution in [0.4, 0.5) is 23.2 Å². The minimum Gasteiger partial charge on any atom is -0.497 e. The summed E-state index contributed by atoms with van der Waals surface area (Å²) in [5, 5.41) is 2.41. The predicted octanol–water partition coefficient (Wildman–Crippen LogP) is 5.90. The molecule has 0 spiro atoms. The van der Waals surface area contributed by atoms with Gasteiger partial charge in [-0.3, -0.25) is 4.79 Å². The third kappa shape index (κ3) is 5.04. The number of anilines is 1. The first-order valence-corrected chi connectivity index (χ1v) is 8.36. The number of rotatable bonds is 5. The van der Waals surface area contributed by atoms with Gasteiger partial charge in [-0.1, -0.05) is 6.07 Å². The molecule has 0 atom stereocenters. The maximum atomic E-state index is 13.4. The first kappa shape index (κ1) is 20.2. The molecule has 0 aliphatic heterocycles. The lowest BCUT2D eigenvalue weighted by molar-refractivity contribution is -0.137. The van der Waals surface area contributed by atoms with E-state index in [0.717, 1.165) is 24.3 Å². The van der Waals surface area contributed by atoms with Crippen molar-refractivity contribution < 1.29 is 31.8 Å². The predicted molar refractivity (Wildman–Crippen MR) is 98.9 cm³/mol. The second kappa shape index (κ2) is 8.22. The van der Waals surface area contributed by atoms with Crippen LogP contribution in [0.3, 0.4) is 0 Å². The van der Waals surface area contributed by atoms with Crippen molar-refractivity contribution in [2.45, 2.75) is 6.18 Å². The summed E-state index contributed by atoms with van der Waals surface area (Å²) in [5.74, 6) is -0.680. The quantitative estimate of drug-likeness (QED) is 0.538. The molecule has 8 heteroatoms. The Balaban J connectivity index is 1.93. The molecule has 0 aliphatic rings. The van der Waals surface area contributed by atoms with Crippen LogP contribution in [-0.4, -0.2) is 13.0 Å². The highest BCUT2D eigenvalue weighted by Gasteiger charge is 2.31. The largest absolute Gasteiger partial charge is 0.497 e. The third-order valence-corrected chi connectivity index (χ3v) is 3.93. The van der Waals surface area contributed by atoms with Gasteiger partial charge in [0.2, 0.25) is 0 Å². The van der Waals surface area contributed by atoms with E-state index in [1.165, 1.54) is 37.4 Å². The number of nitrogens with one attached hydrogen (secondary N) is 1. The number of ether oxygens (including phenoxy) is 2. The van der Waals surface area contributed by atoms with E-state index >= 15 is 0 Å². The molecule has 29 heavy (non-hydrogen) atoms. The molecule has 0 fully saturated rings. The Morgan fingerprint density at radius 2 is 1.66 bits per heavy atom. The number of halogens is 4. The summed E-state index contributed by atoms with van der Waals surface area (Å²) >= 11 is 0. The summed E-state index contributed by atoms with van der Waals surface area (Å²) in [7, 11) is 1.47. The maximum Gasteiger partial charge on any atom is 0.416 e. The monoisotopic (exact) mass is 405 g/mol. The zero-order chi connectivity index (χ0) is 21.0. The minimum absolute atomic E-state index is 0.0644. The molecule has 0 unspecified atom stereocenters. The lowest BCUT2D eigenvalue weighted by atomic mass is 10.1. The van der Waals surface area contributed by atoms with Crippen molar-refractivity contribution in [1.82, 2.24) is 0 Å². The number of benzene rings is 3. The van der Waals surface area contributed by atoms with Crippen molar-refractivity contribution in [3.8, 4) is 17.2 Å². The van der Waals surface area contributed by atoms with E-state index in [4.69, 9.17) is 9.47 Å². The molecule has 3 rings (SSSR count). The van der Waals surface area contributed by atoms with Crippen LogP contribution in [0.25, 0.3) is 0 Å². The van der Waals surface area contributed by atoms with Crippen LogP contribution >= 0.6 is 0 Å². The molecule has 3 aromatic carbocycles. The first-order valence-electron chi connectivity index (χ1n) is 8.36. The van der Waals surface area contributed by atoms with Crippen molar-refractivity contribution in [3.63, 3.8) is 0 Å². The van der Waals surface area contributed by atoms with E-state index in [0.29, 0.717) is 5.75 Å². The smallest absolute Gasteiger partial charge is 0.416 e. The van der Waals surface area contributed by atoms with E-state index in [2.05, 4.69) is 5.32 Å². The van der Waals surface area contributed by atoms with Crippen LogP contribution in [0.1, 0.15) is 15.9 Å². The van der Waals surface area contributed by atoms with Gasteiger partial charge in [0.1, 0.15) is 17.3 Å². The fourth-order valence-electron chi connectivity index (χ4n) is 2.49. The fourth-order valence-corrected chi connectivity index (χ4v) is 2.49. The van der Waals surface area contributed by atoms with Crippen LogP contribution in [-0.2, 0) is 6.18 Å². The number of methoxy groups -OCH3 is 1. The van der Waals surface area contributed by atoms with E-state index in [9.17, 15) is 22.4 Å². The Morgan fingerprint density at radius 1 is 0.931 bits per heavy atom. The van der Waals surface area contributed by atoms with Crippen LogP contribution in [0.2, 0.25) is 0 Å². The molecule has 0 saturated heterocycles. The third-order valence-electron chi connectivity index (χ3n) is 3.93.